The van der Waals surface area contributed by atoms with Gasteiger partial charge < -0.3 is 10.2 Å². The standard InChI is InChI=1S/C24H19F3IN3O2/c1-15-11-16(8-9-20(15)22(32)30-14-19-7-2-3-10-29-19)21-13-23(33-31-21,24(25,26)27)17-5-4-6-18(28)12-17/h2-12H,13-14H2,1H3,(H,30,32). The minimum atomic E-state index is -4.66. The Labute approximate surface area is 202 Å². The number of oxime groups is 1. The van der Waals surface area contributed by atoms with Gasteiger partial charge in [-0.05, 0) is 77.0 Å². The first-order valence-corrected chi connectivity index (χ1v) is 11.1. The van der Waals surface area contributed by atoms with Crippen LogP contribution < -0.4 is 5.32 Å². The van der Waals surface area contributed by atoms with Crippen molar-refractivity contribution in [3.05, 3.63) is 98.4 Å². The van der Waals surface area contributed by atoms with Crippen molar-refractivity contribution < 1.29 is 22.8 Å². The summed E-state index contributed by atoms with van der Waals surface area (Å²) in [7, 11) is 0. The lowest BCUT2D eigenvalue weighted by atomic mass is 9.86. The van der Waals surface area contributed by atoms with E-state index in [-0.39, 0.29) is 23.7 Å². The summed E-state index contributed by atoms with van der Waals surface area (Å²) in [5.41, 5.74) is -0.128. The average Bonchev–Trinajstić information content (AvgIpc) is 3.25. The van der Waals surface area contributed by atoms with Gasteiger partial charge >= 0.3 is 6.18 Å². The maximum Gasteiger partial charge on any atom is 0.435 e. The molecular formula is C24H19F3IN3O2. The Hall–Kier alpha value is -2.95. The van der Waals surface area contributed by atoms with E-state index in [9.17, 15) is 18.0 Å². The van der Waals surface area contributed by atoms with Crippen LogP contribution in [0.4, 0.5) is 13.2 Å². The molecule has 1 atom stereocenters. The Bertz CT molecular complexity index is 1220. The van der Waals surface area contributed by atoms with E-state index < -0.39 is 18.2 Å². The van der Waals surface area contributed by atoms with Gasteiger partial charge in [0.25, 0.3) is 11.5 Å². The van der Waals surface area contributed by atoms with Gasteiger partial charge in [0, 0.05) is 27.3 Å². The van der Waals surface area contributed by atoms with E-state index in [0.29, 0.717) is 20.3 Å². The Morgan fingerprint density at radius 3 is 2.64 bits per heavy atom. The molecule has 2 aromatic carbocycles. The van der Waals surface area contributed by atoms with Gasteiger partial charge in [0.05, 0.1) is 18.0 Å². The van der Waals surface area contributed by atoms with Crippen molar-refractivity contribution in [3.8, 4) is 0 Å². The zero-order valence-electron chi connectivity index (χ0n) is 17.5. The van der Waals surface area contributed by atoms with Gasteiger partial charge in [0.2, 0.25) is 0 Å². The van der Waals surface area contributed by atoms with Crippen LogP contribution in [-0.2, 0) is 17.0 Å². The number of rotatable bonds is 5. The number of amides is 1. The molecule has 4 rings (SSSR count). The van der Waals surface area contributed by atoms with E-state index in [1.807, 2.05) is 28.7 Å². The number of aromatic nitrogens is 1. The molecule has 1 amide bonds. The minimum Gasteiger partial charge on any atom is -0.374 e. The number of nitrogens with one attached hydrogen (secondary N) is 1. The molecule has 1 aliphatic rings. The highest BCUT2D eigenvalue weighted by Crippen LogP contribution is 2.49. The summed E-state index contributed by atoms with van der Waals surface area (Å²) in [5.74, 6) is -0.294. The summed E-state index contributed by atoms with van der Waals surface area (Å²) in [4.78, 5) is 21.8. The lowest BCUT2D eigenvalue weighted by molar-refractivity contribution is -0.275. The third kappa shape index (κ3) is 4.73. The SMILES string of the molecule is Cc1cc(C2=NOC(c3cccc(I)c3)(C(F)(F)F)C2)ccc1C(=O)NCc1ccccn1. The molecule has 5 nitrogen and oxygen atoms in total. The van der Waals surface area contributed by atoms with E-state index in [4.69, 9.17) is 4.84 Å². The van der Waals surface area contributed by atoms with E-state index in [1.54, 1.807) is 55.6 Å². The minimum absolute atomic E-state index is 0.00268. The largest absolute Gasteiger partial charge is 0.435 e. The van der Waals surface area contributed by atoms with Crippen molar-refractivity contribution in [2.75, 3.05) is 0 Å². The lowest BCUT2D eigenvalue weighted by Crippen LogP contribution is -2.42. The predicted molar refractivity (Wildman–Crippen MR) is 126 cm³/mol. The summed E-state index contributed by atoms with van der Waals surface area (Å²) in [5, 5.41) is 6.61. The van der Waals surface area contributed by atoms with Crippen LogP contribution in [0.1, 0.15) is 39.2 Å². The van der Waals surface area contributed by atoms with E-state index in [1.165, 1.54) is 12.1 Å². The molecule has 0 spiro atoms. The molecule has 9 heteroatoms. The van der Waals surface area contributed by atoms with Crippen molar-refractivity contribution in [2.24, 2.45) is 5.16 Å². The average molecular weight is 565 g/mol. The zero-order valence-corrected chi connectivity index (χ0v) is 19.6. The van der Waals surface area contributed by atoms with Crippen LogP contribution >= 0.6 is 22.6 Å². The van der Waals surface area contributed by atoms with E-state index in [0.717, 1.165) is 5.69 Å². The molecular weight excluding hydrogens is 546 g/mol. The number of benzene rings is 2. The number of alkyl halides is 3. The molecule has 1 N–H and O–H groups in total. The predicted octanol–water partition coefficient (Wildman–Crippen LogP) is 5.51. The van der Waals surface area contributed by atoms with Crippen LogP contribution in [0.5, 0.6) is 0 Å². The van der Waals surface area contributed by atoms with Crippen LogP contribution in [0.2, 0.25) is 0 Å². The zero-order chi connectivity index (χ0) is 23.6. The number of carbonyl (C=O) groups excluding carboxylic acids is 1. The fraction of sp³-hybridized carbons (Fsp3) is 0.208. The normalized spacial score (nSPS) is 17.9. The highest BCUT2D eigenvalue weighted by Gasteiger charge is 2.62. The Morgan fingerprint density at radius 1 is 1.15 bits per heavy atom. The molecule has 0 bridgehead atoms. The molecule has 1 aliphatic heterocycles. The molecule has 0 saturated carbocycles. The molecule has 0 radical (unpaired) electrons. The van der Waals surface area contributed by atoms with Crippen LogP contribution in [0.3, 0.4) is 0 Å². The first-order valence-electron chi connectivity index (χ1n) is 10.1. The molecule has 0 fully saturated rings. The van der Waals surface area contributed by atoms with Gasteiger partial charge in [-0.3, -0.25) is 9.78 Å². The molecule has 33 heavy (non-hydrogen) atoms. The number of carbonyl (C=O) groups is 1. The fourth-order valence-electron chi connectivity index (χ4n) is 3.66. The summed E-state index contributed by atoms with van der Waals surface area (Å²) in [6.07, 6.45) is -3.48. The lowest BCUT2D eigenvalue weighted by Gasteiger charge is -2.29. The molecule has 0 saturated heterocycles. The van der Waals surface area contributed by atoms with Crippen molar-refractivity contribution >= 4 is 34.2 Å². The molecule has 2 heterocycles. The van der Waals surface area contributed by atoms with Crippen LogP contribution in [-0.4, -0.2) is 22.8 Å². The molecule has 1 unspecified atom stereocenters. The van der Waals surface area contributed by atoms with Crippen LogP contribution in [0.15, 0.2) is 72.0 Å². The smallest absolute Gasteiger partial charge is 0.374 e. The van der Waals surface area contributed by atoms with Gasteiger partial charge in [-0.25, -0.2) is 0 Å². The Balaban J connectivity index is 1.54. The van der Waals surface area contributed by atoms with Gasteiger partial charge in [0.15, 0.2) is 0 Å². The highest BCUT2D eigenvalue weighted by atomic mass is 127. The van der Waals surface area contributed by atoms with Crippen molar-refractivity contribution in [1.29, 1.82) is 0 Å². The first kappa shape index (κ1) is 23.2. The second kappa shape index (κ2) is 9.12. The highest BCUT2D eigenvalue weighted by molar-refractivity contribution is 14.1. The molecule has 170 valence electrons. The molecule has 0 aliphatic carbocycles. The van der Waals surface area contributed by atoms with Crippen molar-refractivity contribution in [3.63, 3.8) is 0 Å². The Kier molecular flexibility index (Phi) is 6.42. The number of hydrogen-bond acceptors (Lipinski definition) is 4. The number of nitrogens with zero attached hydrogens (tertiary/aromatic N) is 2. The second-order valence-corrected chi connectivity index (χ2v) is 8.92. The third-order valence-electron chi connectivity index (χ3n) is 5.44. The molecule has 1 aromatic heterocycles. The summed E-state index contributed by atoms with van der Waals surface area (Å²) in [6.45, 7) is 2.00. The first-order chi connectivity index (χ1) is 15.7. The van der Waals surface area contributed by atoms with Gasteiger partial charge in [-0.2, -0.15) is 13.2 Å². The van der Waals surface area contributed by atoms with E-state index >= 15 is 0 Å². The van der Waals surface area contributed by atoms with E-state index in [2.05, 4.69) is 15.5 Å². The quantitative estimate of drug-likeness (QED) is 0.416. The van der Waals surface area contributed by atoms with Gasteiger partial charge in [-0.15, -0.1) is 0 Å². The maximum atomic E-state index is 14.1. The van der Waals surface area contributed by atoms with Crippen LogP contribution in [0, 0.1) is 10.5 Å². The molecule has 3 aromatic rings. The number of hydrogen-bond donors (Lipinski definition) is 1. The van der Waals surface area contributed by atoms with Crippen molar-refractivity contribution in [1.82, 2.24) is 10.3 Å². The summed E-state index contributed by atoms with van der Waals surface area (Å²) in [6, 6.07) is 16.4. The number of aryl methyl sites for hydroxylation is 1. The summed E-state index contributed by atoms with van der Waals surface area (Å²) < 4.78 is 43.1. The topological polar surface area (TPSA) is 63.6 Å². The fourth-order valence-corrected chi connectivity index (χ4v) is 4.21. The van der Waals surface area contributed by atoms with Gasteiger partial charge in [0.1, 0.15) is 0 Å². The van der Waals surface area contributed by atoms with Crippen LogP contribution in [0.25, 0.3) is 0 Å². The second-order valence-electron chi connectivity index (χ2n) is 7.67. The Morgan fingerprint density at radius 2 is 1.97 bits per heavy atom. The maximum absolute atomic E-state index is 14.1. The summed E-state index contributed by atoms with van der Waals surface area (Å²) >= 11 is 1.97. The van der Waals surface area contributed by atoms with Crippen molar-refractivity contribution in [2.45, 2.75) is 31.7 Å². The monoisotopic (exact) mass is 565 g/mol. The van der Waals surface area contributed by atoms with Gasteiger partial charge in [-0.1, -0.05) is 29.4 Å². The number of pyridine rings is 1. The third-order valence-corrected chi connectivity index (χ3v) is 6.11. The number of halogens is 4.